The van der Waals surface area contributed by atoms with E-state index in [2.05, 4.69) is 15.2 Å². The van der Waals surface area contributed by atoms with E-state index in [-0.39, 0.29) is 24.3 Å². The van der Waals surface area contributed by atoms with Gasteiger partial charge in [-0.3, -0.25) is 9.78 Å². The van der Waals surface area contributed by atoms with Crippen LogP contribution in [0.1, 0.15) is 28.5 Å². The van der Waals surface area contributed by atoms with E-state index >= 15 is 0 Å². The van der Waals surface area contributed by atoms with Gasteiger partial charge in [0.1, 0.15) is 5.56 Å². The van der Waals surface area contributed by atoms with Crippen molar-refractivity contribution in [2.45, 2.75) is 20.4 Å². The van der Waals surface area contributed by atoms with Gasteiger partial charge in [0.2, 0.25) is 0 Å². The summed E-state index contributed by atoms with van der Waals surface area (Å²) in [5, 5.41) is 4.21. The van der Waals surface area contributed by atoms with E-state index in [9.17, 15) is 9.59 Å². The predicted molar refractivity (Wildman–Crippen MR) is 117 cm³/mol. The minimum absolute atomic E-state index is 0.104. The molecule has 30 heavy (non-hydrogen) atoms. The van der Waals surface area contributed by atoms with Crippen molar-refractivity contribution >= 4 is 22.6 Å². The number of hydrogen-bond acceptors (Lipinski definition) is 6. The Kier molecular flexibility index (Phi) is 5.81. The largest absolute Gasteiger partial charge is 0.462 e. The number of aromatic nitrogens is 2. The molecular weight excluding hydrogens is 380 g/mol. The van der Waals surface area contributed by atoms with Gasteiger partial charge in [0.25, 0.3) is 5.56 Å². The zero-order valence-corrected chi connectivity index (χ0v) is 17.4. The van der Waals surface area contributed by atoms with E-state index in [0.29, 0.717) is 5.69 Å². The Bertz CT molecular complexity index is 1120. The highest BCUT2D eigenvalue weighted by molar-refractivity contribution is 6.05. The number of esters is 1. The molecule has 0 amide bonds. The number of fused-ring (bicyclic) bond motifs is 1. The van der Waals surface area contributed by atoms with Crippen LogP contribution in [0.15, 0.2) is 47.4 Å². The van der Waals surface area contributed by atoms with E-state index in [4.69, 9.17) is 4.74 Å². The number of benzene rings is 1. The number of piperazine rings is 1. The summed E-state index contributed by atoms with van der Waals surface area (Å²) < 4.78 is 6.95. The second-order valence-electron chi connectivity index (χ2n) is 7.41. The Balaban J connectivity index is 2.01. The number of hydrogen-bond donors (Lipinski definition) is 1. The summed E-state index contributed by atoms with van der Waals surface area (Å²) in [5.74, 6) is -0.575. The topological polar surface area (TPSA) is 76.5 Å². The monoisotopic (exact) mass is 406 g/mol. The van der Waals surface area contributed by atoms with Crippen molar-refractivity contribution < 1.29 is 9.53 Å². The van der Waals surface area contributed by atoms with Gasteiger partial charge in [0.05, 0.1) is 30.0 Å². The Morgan fingerprint density at radius 2 is 2.00 bits per heavy atom. The normalized spacial score (nSPS) is 14.1. The molecule has 3 heterocycles. The Labute approximate surface area is 175 Å². The highest BCUT2D eigenvalue weighted by Gasteiger charge is 2.28. The van der Waals surface area contributed by atoms with Crippen LogP contribution in [0.5, 0.6) is 0 Å². The third-order valence-electron chi connectivity index (χ3n) is 5.35. The predicted octanol–water partition coefficient (Wildman–Crippen LogP) is 2.34. The number of carbonyl (C=O) groups excluding carboxylic acids is 1. The molecule has 3 aromatic rings. The molecule has 4 rings (SSSR count). The summed E-state index contributed by atoms with van der Waals surface area (Å²) >= 11 is 0. The van der Waals surface area contributed by atoms with Gasteiger partial charge >= 0.3 is 5.97 Å². The Morgan fingerprint density at radius 1 is 1.20 bits per heavy atom. The van der Waals surface area contributed by atoms with E-state index < -0.39 is 5.97 Å². The van der Waals surface area contributed by atoms with Crippen molar-refractivity contribution in [3.8, 4) is 0 Å². The summed E-state index contributed by atoms with van der Waals surface area (Å²) in [7, 11) is 0. The van der Waals surface area contributed by atoms with Crippen molar-refractivity contribution in [1.82, 2.24) is 14.9 Å². The van der Waals surface area contributed by atoms with Crippen LogP contribution in [0.4, 0.5) is 5.69 Å². The number of ether oxygens (including phenoxy) is 1. The number of carbonyl (C=O) groups is 1. The first-order valence-electron chi connectivity index (χ1n) is 10.3. The summed E-state index contributed by atoms with van der Waals surface area (Å²) in [4.78, 5) is 33.1. The zero-order chi connectivity index (χ0) is 21.1. The van der Waals surface area contributed by atoms with E-state index in [0.717, 1.165) is 48.3 Å². The Morgan fingerprint density at radius 3 is 2.70 bits per heavy atom. The average Bonchev–Trinajstić information content (AvgIpc) is 2.76. The van der Waals surface area contributed by atoms with Crippen LogP contribution < -0.4 is 15.8 Å². The number of aryl methyl sites for hydroxylation is 1. The molecule has 2 aromatic heterocycles. The zero-order valence-electron chi connectivity index (χ0n) is 17.4. The van der Waals surface area contributed by atoms with Crippen LogP contribution in [0, 0.1) is 6.92 Å². The number of nitrogens with zero attached hydrogens (tertiary/aromatic N) is 3. The third kappa shape index (κ3) is 3.80. The van der Waals surface area contributed by atoms with Gasteiger partial charge in [0, 0.05) is 37.8 Å². The lowest BCUT2D eigenvalue weighted by Gasteiger charge is -2.32. The molecule has 1 aliphatic rings. The highest BCUT2D eigenvalue weighted by atomic mass is 16.5. The van der Waals surface area contributed by atoms with Crippen molar-refractivity contribution in [3.63, 3.8) is 0 Å². The summed E-state index contributed by atoms with van der Waals surface area (Å²) in [6.07, 6.45) is 1.70. The number of nitrogens with one attached hydrogen (secondary N) is 1. The van der Waals surface area contributed by atoms with Crippen LogP contribution in [0.25, 0.3) is 10.9 Å². The van der Waals surface area contributed by atoms with Crippen LogP contribution in [0.3, 0.4) is 0 Å². The number of rotatable bonds is 5. The first-order chi connectivity index (χ1) is 14.6. The van der Waals surface area contributed by atoms with Crippen molar-refractivity contribution in [1.29, 1.82) is 0 Å². The molecule has 7 nitrogen and oxygen atoms in total. The molecule has 1 aromatic carbocycles. The van der Waals surface area contributed by atoms with Crippen LogP contribution in [-0.2, 0) is 11.3 Å². The maximum Gasteiger partial charge on any atom is 0.345 e. The second kappa shape index (κ2) is 8.67. The van der Waals surface area contributed by atoms with E-state index in [1.165, 1.54) is 0 Å². The quantitative estimate of drug-likeness (QED) is 0.656. The molecule has 1 N–H and O–H groups in total. The van der Waals surface area contributed by atoms with Crippen molar-refractivity contribution in [3.05, 3.63) is 69.8 Å². The fourth-order valence-electron chi connectivity index (χ4n) is 3.97. The molecule has 1 aliphatic heterocycles. The van der Waals surface area contributed by atoms with Crippen molar-refractivity contribution in [2.24, 2.45) is 0 Å². The maximum absolute atomic E-state index is 13.6. The van der Waals surface area contributed by atoms with E-state index in [1.807, 2.05) is 43.3 Å². The number of anilines is 1. The standard InChI is InChI=1S/C23H26N4O3/c1-3-30-23(29)20-21(26-12-10-24-11-13-26)18-14-16(2)7-8-19(18)27(22(20)28)15-17-6-4-5-9-25-17/h4-9,14,24H,3,10-13,15H2,1-2H3. The lowest BCUT2D eigenvalue weighted by molar-refractivity contribution is 0.0524. The molecule has 0 radical (unpaired) electrons. The lowest BCUT2D eigenvalue weighted by Crippen LogP contribution is -2.45. The van der Waals surface area contributed by atoms with Gasteiger partial charge < -0.3 is 19.5 Å². The highest BCUT2D eigenvalue weighted by Crippen LogP contribution is 2.31. The van der Waals surface area contributed by atoms with Crippen LogP contribution >= 0.6 is 0 Å². The summed E-state index contributed by atoms with van der Waals surface area (Å²) in [6, 6.07) is 11.6. The molecule has 0 bridgehead atoms. The summed E-state index contributed by atoms with van der Waals surface area (Å²) in [5.41, 5.74) is 3.05. The molecule has 0 atom stereocenters. The fraction of sp³-hybridized carbons (Fsp3) is 0.348. The molecule has 156 valence electrons. The molecule has 0 saturated carbocycles. The second-order valence-corrected chi connectivity index (χ2v) is 7.41. The average molecular weight is 406 g/mol. The SMILES string of the molecule is CCOC(=O)c1c(N2CCNCC2)c2cc(C)ccc2n(Cc2ccccn2)c1=O. The molecule has 0 unspecified atom stereocenters. The molecule has 1 saturated heterocycles. The minimum Gasteiger partial charge on any atom is -0.462 e. The van der Waals surface area contributed by atoms with Crippen LogP contribution in [0.2, 0.25) is 0 Å². The van der Waals surface area contributed by atoms with Gasteiger partial charge in [-0.25, -0.2) is 4.79 Å². The van der Waals surface area contributed by atoms with Gasteiger partial charge in [-0.05, 0) is 38.1 Å². The Hall–Kier alpha value is -3.19. The van der Waals surface area contributed by atoms with Gasteiger partial charge in [-0.1, -0.05) is 17.7 Å². The molecule has 0 spiro atoms. The molecule has 0 aliphatic carbocycles. The van der Waals surface area contributed by atoms with Crippen molar-refractivity contribution in [2.75, 3.05) is 37.7 Å². The first kappa shape index (κ1) is 20.1. The van der Waals surface area contributed by atoms with Gasteiger partial charge in [-0.2, -0.15) is 0 Å². The fourth-order valence-corrected chi connectivity index (χ4v) is 3.97. The summed E-state index contributed by atoms with van der Waals surface area (Å²) in [6.45, 7) is 7.30. The third-order valence-corrected chi connectivity index (χ3v) is 5.35. The van der Waals surface area contributed by atoms with Crippen LogP contribution in [-0.4, -0.2) is 48.3 Å². The molecule has 1 fully saturated rings. The van der Waals surface area contributed by atoms with E-state index in [1.54, 1.807) is 17.7 Å². The first-order valence-corrected chi connectivity index (χ1v) is 10.3. The maximum atomic E-state index is 13.6. The minimum atomic E-state index is -0.575. The lowest BCUT2D eigenvalue weighted by atomic mass is 10.0. The smallest absolute Gasteiger partial charge is 0.345 e. The van der Waals surface area contributed by atoms with Gasteiger partial charge in [-0.15, -0.1) is 0 Å². The number of pyridine rings is 2. The molecule has 7 heteroatoms. The molecular formula is C23H26N4O3. The van der Waals surface area contributed by atoms with Gasteiger partial charge in [0.15, 0.2) is 0 Å².